The predicted octanol–water partition coefficient (Wildman–Crippen LogP) is 9.64. The van der Waals surface area contributed by atoms with Gasteiger partial charge in [-0.1, -0.05) is 59.7 Å². The van der Waals surface area contributed by atoms with Gasteiger partial charge in [-0.25, -0.2) is 4.79 Å². The Morgan fingerprint density at radius 3 is 1.54 bits per heavy atom. The maximum absolute atomic E-state index is 13.4. The fourth-order valence-corrected chi connectivity index (χ4v) is 7.26. The summed E-state index contributed by atoms with van der Waals surface area (Å²) in [6, 6.07) is 15.7. The second kappa shape index (κ2) is 9.23. The lowest BCUT2D eigenvalue weighted by atomic mass is 9.76. The van der Waals surface area contributed by atoms with Gasteiger partial charge in [-0.05, 0) is 80.4 Å². The number of hydrogen-bond acceptors (Lipinski definition) is 5. The van der Waals surface area contributed by atoms with E-state index in [9.17, 15) is 4.79 Å². The monoisotopic (exact) mass is 588 g/mol. The summed E-state index contributed by atoms with van der Waals surface area (Å²) in [7, 11) is -4.25. The van der Waals surface area contributed by atoms with E-state index in [0.29, 0.717) is 17.1 Å². The van der Waals surface area contributed by atoms with Crippen LogP contribution in [0, 0.1) is 13.8 Å². The third kappa shape index (κ3) is 4.43. The van der Waals surface area contributed by atoms with Crippen LogP contribution in [0.1, 0.15) is 79.7 Å². The van der Waals surface area contributed by atoms with E-state index in [1.54, 1.807) is 0 Å². The van der Waals surface area contributed by atoms with Crippen molar-refractivity contribution in [3.8, 4) is 23.0 Å². The number of esters is 1. The van der Waals surface area contributed by atoms with Crippen LogP contribution in [0.3, 0.4) is 0 Å². The van der Waals surface area contributed by atoms with Gasteiger partial charge in [-0.2, -0.15) is 0 Å². The minimum Gasteiger partial charge on any atom is -0.543 e. The van der Waals surface area contributed by atoms with Crippen LogP contribution in [0.25, 0.3) is 0 Å². The Hall–Kier alpha value is -3.04. The van der Waals surface area contributed by atoms with Crippen molar-refractivity contribution in [2.45, 2.75) is 97.3 Å². The molecule has 0 N–H and O–H groups in total. The Morgan fingerprint density at radius 2 is 1.10 bits per heavy atom. The molecule has 0 amide bonds. The summed E-state index contributed by atoms with van der Waals surface area (Å²) >= 11 is 0. The zero-order chi connectivity index (χ0) is 30.3. The molecule has 0 unspecified atom stereocenters. The van der Waals surface area contributed by atoms with E-state index in [-0.39, 0.29) is 16.0 Å². The van der Waals surface area contributed by atoms with Gasteiger partial charge in [0.1, 0.15) is 23.0 Å². The molecular weight excluding hydrogens is 545 g/mol. The second-order valence-corrected chi connectivity index (χ2v) is 24.0. The van der Waals surface area contributed by atoms with Gasteiger partial charge < -0.3 is 18.3 Å². The van der Waals surface area contributed by atoms with Gasteiger partial charge >= 0.3 is 5.97 Å². The quantitative estimate of drug-likeness (QED) is 0.224. The van der Waals surface area contributed by atoms with Crippen LogP contribution < -0.4 is 13.6 Å². The summed E-state index contributed by atoms with van der Waals surface area (Å²) in [5.41, 5.74) is 3.68. The number of ether oxygens (including phenoxy) is 2. The minimum atomic E-state index is -2.12. The molecule has 0 fully saturated rings. The molecule has 3 aromatic rings. The Balaban J connectivity index is 1.75. The first-order valence-electron chi connectivity index (χ1n) is 14.5. The summed E-state index contributed by atoms with van der Waals surface area (Å²) in [6.07, 6.45) is 0. The number of carbonyl (C=O) groups excluding carboxylic acids is 1. The first-order chi connectivity index (χ1) is 18.8. The number of rotatable bonds is 4. The van der Waals surface area contributed by atoms with Gasteiger partial charge in [-0.15, -0.1) is 0 Å². The van der Waals surface area contributed by atoms with Crippen LogP contribution in [0.5, 0.6) is 23.0 Å². The van der Waals surface area contributed by atoms with E-state index in [0.717, 1.165) is 39.3 Å². The van der Waals surface area contributed by atoms with Gasteiger partial charge in [0.15, 0.2) is 5.60 Å². The molecule has 2 aliphatic rings. The Bertz CT molecular complexity index is 1470. The molecule has 0 aromatic heterocycles. The third-order valence-electron chi connectivity index (χ3n) is 9.79. The number of benzene rings is 3. The van der Waals surface area contributed by atoms with Crippen molar-refractivity contribution in [2.75, 3.05) is 0 Å². The molecule has 0 atom stereocenters. The average Bonchev–Trinajstić information content (AvgIpc) is 3.15. The summed E-state index contributed by atoms with van der Waals surface area (Å²) in [4.78, 5) is 13.4. The van der Waals surface area contributed by atoms with Gasteiger partial charge in [0.05, 0.1) is 5.56 Å². The highest BCUT2D eigenvalue weighted by Crippen LogP contribution is 2.59. The summed E-state index contributed by atoms with van der Waals surface area (Å²) < 4.78 is 26.8. The molecule has 2 aliphatic heterocycles. The largest absolute Gasteiger partial charge is 0.543 e. The lowest BCUT2D eigenvalue weighted by molar-refractivity contribution is 0.0223. The normalized spacial score (nSPS) is 16.0. The van der Waals surface area contributed by atoms with Crippen molar-refractivity contribution in [1.82, 2.24) is 0 Å². The van der Waals surface area contributed by atoms with Gasteiger partial charge in [0.25, 0.3) is 0 Å². The summed E-state index contributed by atoms with van der Waals surface area (Å²) in [5, 5.41) is 0.0764. The lowest BCUT2D eigenvalue weighted by Crippen LogP contribution is -2.44. The predicted molar refractivity (Wildman–Crippen MR) is 170 cm³/mol. The van der Waals surface area contributed by atoms with E-state index < -0.39 is 22.2 Å². The SMILES string of the molecule is Cc1c(O[Si](C)(C)C(C)(C)C)ccc2c1Oc1c(ccc(O[Si](C)(C)C(C)(C)C)c1C)C21OC(=O)c2ccccc21. The first kappa shape index (κ1) is 29.5. The van der Waals surface area contributed by atoms with Gasteiger partial charge in [0, 0.05) is 27.8 Å². The maximum Gasteiger partial charge on any atom is 0.340 e. The van der Waals surface area contributed by atoms with Crippen LogP contribution in [0.2, 0.25) is 36.3 Å². The van der Waals surface area contributed by atoms with E-state index in [1.807, 2.05) is 62.4 Å². The van der Waals surface area contributed by atoms with Crippen LogP contribution in [0.4, 0.5) is 0 Å². The fourth-order valence-electron chi connectivity index (χ4n) is 5.11. The highest BCUT2D eigenvalue weighted by Gasteiger charge is 2.54. The Labute approximate surface area is 247 Å². The molecule has 0 radical (unpaired) electrons. The van der Waals surface area contributed by atoms with E-state index >= 15 is 0 Å². The molecule has 41 heavy (non-hydrogen) atoms. The zero-order valence-corrected chi connectivity index (χ0v) is 28.7. The van der Waals surface area contributed by atoms with Crippen molar-refractivity contribution in [3.05, 3.63) is 81.9 Å². The number of carbonyl (C=O) groups is 1. The molecular formula is C34H44O5Si2. The standard InChI is InChI=1S/C34H44O5Si2/c1-21-27(38-40(9,10)32(3,4)5)19-17-25-29(21)36-30-22(2)28(39-41(11,12)33(6,7)8)20-18-26(30)34(25)24-16-14-13-15-23(24)31(35)37-34/h13-20H,1-12H3. The molecule has 0 saturated carbocycles. The highest BCUT2D eigenvalue weighted by molar-refractivity contribution is 6.75. The molecule has 3 aromatic carbocycles. The summed E-state index contributed by atoms with van der Waals surface area (Å²) in [5.74, 6) is 2.62. The van der Waals surface area contributed by atoms with E-state index in [1.165, 1.54) is 0 Å². The molecule has 0 bridgehead atoms. The van der Waals surface area contributed by atoms with Crippen molar-refractivity contribution in [3.63, 3.8) is 0 Å². The smallest absolute Gasteiger partial charge is 0.340 e. The van der Waals surface area contributed by atoms with E-state index in [2.05, 4.69) is 67.7 Å². The summed E-state index contributed by atoms with van der Waals surface area (Å²) in [6.45, 7) is 26.4. The van der Waals surface area contributed by atoms with Crippen molar-refractivity contribution in [2.24, 2.45) is 0 Å². The Kier molecular flexibility index (Phi) is 6.63. The van der Waals surface area contributed by atoms with Crippen LogP contribution in [-0.2, 0) is 10.3 Å². The molecule has 7 heteroatoms. The number of hydrogen-bond donors (Lipinski definition) is 0. The lowest BCUT2D eigenvalue weighted by Gasteiger charge is -2.41. The van der Waals surface area contributed by atoms with Crippen molar-refractivity contribution in [1.29, 1.82) is 0 Å². The second-order valence-electron chi connectivity index (χ2n) is 14.6. The highest BCUT2D eigenvalue weighted by atomic mass is 28.4. The average molecular weight is 589 g/mol. The Morgan fingerprint density at radius 1 is 0.659 bits per heavy atom. The van der Waals surface area contributed by atoms with E-state index in [4.69, 9.17) is 18.3 Å². The molecule has 5 nitrogen and oxygen atoms in total. The molecule has 5 rings (SSSR count). The minimum absolute atomic E-state index is 0.0382. The van der Waals surface area contributed by atoms with Gasteiger partial charge in [-0.3, -0.25) is 0 Å². The molecule has 0 aliphatic carbocycles. The first-order valence-corrected chi connectivity index (χ1v) is 20.3. The zero-order valence-electron chi connectivity index (χ0n) is 26.7. The van der Waals surface area contributed by atoms with Crippen molar-refractivity contribution >= 4 is 22.6 Å². The van der Waals surface area contributed by atoms with Crippen molar-refractivity contribution < 1.29 is 23.1 Å². The molecule has 218 valence electrons. The molecule has 0 saturated heterocycles. The fraction of sp³-hybridized carbons (Fsp3) is 0.441. The topological polar surface area (TPSA) is 54.0 Å². The third-order valence-corrected chi connectivity index (χ3v) is 18.5. The molecule has 1 spiro atoms. The molecule has 2 heterocycles. The maximum atomic E-state index is 13.4. The van der Waals surface area contributed by atoms with Gasteiger partial charge in [0.2, 0.25) is 16.6 Å². The van der Waals surface area contributed by atoms with Crippen LogP contribution in [-0.4, -0.2) is 22.6 Å². The van der Waals surface area contributed by atoms with Crippen LogP contribution >= 0.6 is 0 Å². The van der Waals surface area contributed by atoms with Crippen LogP contribution in [0.15, 0.2) is 48.5 Å². The number of fused-ring (bicyclic) bond motifs is 6.